The van der Waals surface area contributed by atoms with Crippen LogP contribution in [0.4, 0.5) is 0 Å². The molecule has 0 spiro atoms. The first-order chi connectivity index (χ1) is 14.5. The molecule has 0 aliphatic carbocycles. The molecule has 10 heteroatoms. The van der Waals surface area contributed by atoms with Gasteiger partial charge in [0.15, 0.2) is 11.5 Å². The summed E-state index contributed by atoms with van der Waals surface area (Å²) in [6.07, 6.45) is 1.99. The fraction of sp³-hybridized carbons (Fsp3) is 0.250. The second-order valence-corrected chi connectivity index (χ2v) is 9.38. The van der Waals surface area contributed by atoms with Crippen LogP contribution in [-0.4, -0.2) is 52.7 Å². The molecule has 2 aromatic heterocycles. The molecule has 0 unspecified atom stereocenters. The molecule has 0 atom stereocenters. The van der Waals surface area contributed by atoms with Crippen molar-refractivity contribution in [3.8, 4) is 11.3 Å². The Hall–Kier alpha value is -2.53. The third kappa shape index (κ3) is 3.67. The molecule has 0 aliphatic rings. The van der Waals surface area contributed by atoms with Crippen LogP contribution < -0.4 is 4.72 Å². The van der Waals surface area contributed by atoms with Crippen molar-refractivity contribution in [2.24, 2.45) is 0 Å². The van der Waals surface area contributed by atoms with Crippen molar-refractivity contribution in [1.82, 2.24) is 24.5 Å². The van der Waals surface area contributed by atoms with Gasteiger partial charge in [-0.25, -0.2) is 13.1 Å². The average molecular weight is 444 g/mol. The van der Waals surface area contributed by atoms with Crippen LogP contribution in [0.15, 0.2) is 47.4 Å². The Morgan fingerprint density at radius 3 is 2.63 bits per heavy atom. The molecule has 0 saturated heterocycles. The van der Waals surface area contributed by atoms with Crippen LogP contribution in [-0.2, 0) is 15.8 Å². The number of aliphatic hydroxyl groups excluding tert-OH is 1. The first-order valence-electron chi connectivity index (χ1n) is 9.30. The van der Waals surface area contributed by atoms with Gasteiger partial charge in [-0.15, -0.1) is 10.2 Å². The number of benzene rings is 2. The van der Waals surface area contributed by atoms with Gasteiger partial charge >= 0.3 is 0 Å². The van der Waals surface area contributed by atoms with Gasteiger partial charge in [-0.2, -0.15) is 21.4 Å². The zero-order valence-corrected chi connectivity index (χ0v) is 18.2. The number of hydrogen-bond donors (Lipinski definition) is 2. The summed E-state index contributed by atoms with van der Waals surface area (Å²) in [4.78, 5) is 0.160. The smallest absolute Gasteiger partial charge is 0.240 e. The Morgan fingerprint density at radius 2 is 1.90 bits per heavy atom. The van der Waals surface area contributed by atoms with Gasteiger partial charge in [0.1, 0.15) is 0 Å². The molecule has 0 bridgehead atoms. The van der Waals surface area contributed by atoms with Gasteiger partial charge in [0.05, 0.1) is 22.9 Å². The lowest BCUT2D eigenvalue weighted by molar-refractivity contribution is 0.301. The van der Waals surface area contributed by atoms with Crippen LogP contribution in [0.5, 0.6) is 0 Å². The average Bonchev–Trinajstić information content (AvgIpc) is 3.15. The highest BCUT2D eigenvalue weighted by molar-refractivity contribution is 7.97. The van der Waals surface area contributed by atoms with E-state index in [0.29, 0.717) is 28.2 Å². The number of nitrogens with one attached hydrogen (secondary N) is 1. The van der Waals surface area contributed by atoms with Crippen molar-refractivity contribution in [2.45, 2.75) is 17.6 Å². The van der Waals surface area contributed by atoms with E-state index in [1.165, 1.54) is 0 Å². The lowest BCUT2D eigenvalue weighted by Gasteiger charge is -2.12. The van der Waals surface area contributed by atoms with Crippen LogP contribution in [0.25, 0.3) is 27.7 Å². The molecular formula is C20H21N5O3S2. The monoisotopic (exact) mass is 443 g/mol. The van der Waals surface area contributed by atoms with E-state index < -0.39 is 10.0 Å². The number of aryl methyl sites for hydroxylation is 1. The molecule has 0 aliphatic heterocycles. The van der Waals surface area contributed by atoms with Gasteiger partial charge in [0, 0.05) is 22.9 Å². The Balaban J connectivity index is 1.97. The van der Waals surface area contributed by atoms with E-state index in [2.05, 4.69) is 14.9 Å². The summed E-state index contributed by atoms with van der Waals surface area (Å²) in [6, 6.07) is 13.0. The summed E-state index contributed by atoms with van der Waals surface area (Å²) >= 11 is 1.63. The highest BCUT2D eigenvalue weighted by atomic mass is 32.2. The lowest BCUT2D eigenvalue weighted by Crippen LogP contribution is -2.27. The quantitative estimate of drug-likeness (QED) is 0.451. The molecule has 156 valence electrons. The van der Waals surface area contributed by atoms with E-state index in [0.717, 1.165) is 16.6 Å². The van der Waals surface area contributed by atoms with E-state index >= 15 is 0 Å². The van der Waals surface area contributed by atoms with E-state index in [4.69, 9.17) is 10.2 Å². The Labute approximate surface area is 178 Å². The zero-order chi connectivity index (χ0) is 21.3. The van der Waals surface area contributed by atoms with Crippen LogP contribution in [0.2, 0.25) is 0 Å². The Morgan fingerprint density at radius 1 is 1.13 bits per heavy atom. The molecule has 0 radical (unpaired) electrons. The maximum Gasteiger partial charge on any atom is 0.240 e. The van der Waals surface area contributed by atoms with Crippen molar-refractivity contribution in [3.05, 3.63) is 53.9 Å². The molecule has 8 nitrogen and oxygen atoms in total. The molecule has 2 aromatic carbocycles. The number of fused-ring (bicyclic) bond motifs is 3. The number of thioether (sulfide) groups is 1. The second-order valence-electron chi connectivity index (χ2n) is 6.78. The largest absolute Gasteiger partial charge is 0.395 e. The second kappa shape index (κ2) is 8.31. The SMILES string of the molecule is CSCc1nnc2c3ccccc3c(-c3ccc(C)c(S(=O)(=O)NCCO)c3)nn12. The summed E-state index contributed by atoms with van der Waals surface area (Å²) in [5, 5.41) is 24.1. The summed E-state index contributed by atoms with van der Waals surface area (Å²) in [7, 11) is -3.76. The predicted molar refractivity (Wildman–Crippen MR) is 118 cm³/mol. The van der Waals surface area contributed by atoms with Crippen LogP contribution in [0.1, 0.15) is 11.4 Å². The molecule has 4 aromatic rings. The molecular weight excluding hydrogens is 422 g/mol. The van der Waals surface area contributed by atoms with E-state index in [1.54, 1.807) is 35.3 Å². The van der Waals surface area contributed by atoms with Crippen molar-refractivity contribution < 1.29 is 13.5 Å². The van der Waals surface area contributed by atoms with Crippen LogP contribution >= 0.6 is 11.8 Å². The maximum absolute atomic E-state index is 12.7. The highest BCUT2D eigenvalue weighted by Gasteiger charge is 2.20. The first kappa shape index (κ1) is 20.7. The Bertz CT molecular complexity index is 1340. The molecule has 0 saturated carbocycles. The van der Waals surface area contributed by atoms with E-state index in [9.17, 15) is 8.42 Å². The van der Waals surface area contributed by atoms with Gasteiger partial charge in [0.25, 0.3) is 0 Å². The number of sulfonamides is 1. The van der Waals surface area contributed by atoms with Gasteiger partial charge < -0.3 is 5.11 Å². The van der Waals surface area contributed by atoms with E-state index in [1.807, 2.05) is 36.6 Å². The van der Waals surface area contributed by atoms with E-state index in [-0.39, 0.29) is 18.0 Å². The fourth-order valence-electron chi connectivity index (χ4n) is 3.35. The molecule has 2 N–H and O–H groups in total. The van der Waals surface area contributed by atoms with Crippen molar-refractivity contribution >= 4 is 38.2 Å². The standard InChI is InChI=1S/C20H21N5O3S2/c1-13-7-8-14(11-17(13)30(27,28)21-9-10-26)19-15-5-3-4-6-16(15)20-23-22-18(12-29-2)25(20)24-19/h3-8,11,21,26H,9-10,12H2,1-2H3. The minimum Gasteiger partial charge on any atom is -0.395 e. The maximum atomic E-state index is 12.7. The van der Waals surface area contributed by atoms with Gasteiger partial charge in [0.2, 0.25) is 10.0 Å². The molecule has 4 rings (SSSR count). The number of aliphatic hydroxyl groups is 1. The molecule has 0 amide bonds. The van der Waals surface area contributed by atoms with Crippen molar-refractivity contribution in [2.75, 3.05) is 19.4 Å². The molecule has 2 heterocycles. The van der Waals surface area contributed by atoms with Crippen molar-refractivity contribution in [1.29, 1.82) is 0 Å². The van der Waals surface area contributed by atoms with Gasteiger partial charge in [-0.1, -0.05) is 36.4 Å². The lowest BCUT2D eigenvalue weighted by atomic mass is 10.0. The van der Waals surface area contributed by atoms with Gasteiger partial charge in [-0.05, 0) is 24.8 Å². The Kier molecular flexibility index (Phi) is 5.74. The third-order valence-corrected chi connectivity index (χ3v) is 6.91. The summed E-state index contributed by atoms with van der Waals surface area (Å²) in [5.41, 5.74) is 2.61. The summed E-state index contributed by atoms with van der Waals surface area (Å²) in [5.74, 6) is 1.39. The number of aromatic nitrogens is 4. The number of nitrogens with zero attached hydrogens (tertiary/aromatic N) is 4. The topological polar surface area (TPSA) is 109 Å². The fourth-order valence-corrected chi connectivity index (χ4v) is 5.08. The number of hydrogen-bond acceptors (Lipinski definition) is 7. The minimum atomic E-state index is -3.76. The molecule has 0 fully saturated rings. The van der Waals surface area contributed by atoms with Gasteiger partial charge in [-0.3, -0.25) is 0 Å². The predicted octanol–water partition coefficient (Wildman–Crippen LogP) is 2.39. The third-order valence-electron chi connectivity index (χ3n) is 4.76. The van der Waals surface area contributed by atoms with Crippen LogP contribution in [0.3, 0.4) is 0 Å². The number of rotatable bonds is 7. The van der Waals surface area contributed by atoms with Crippen molar-refractivity contribution in [3.63, 3.8) is 0 Å². The highest BCUT2D eigenvalue weighted by Crippen LogP contribution is 2.31. The molecule has 30 heavy (non-hydrogen) atoms. The summed E-state index contributed by atoms with van der Waals surface area (Å²) < 4.78 is 29.5. The zero-order valence-electron chi connectivity index (χ0n) is 16.5. The first-order valence-corrected chi connectivity index (χ1v) is 12.2. The van der Waals surface area contributed by atoms with Crippen LogP contribution in [0, 0.1) is 6.92 Å². The normalized spacial score (nSPS) is 12.1. The summed E-state index contributed by atoms with van der Waals surface area (Å²) in [6.45, 7) is 1.42. The minimum absolute atomic E-state index is 0.0438.